The third-order valence-electron chi connectivity index (χ3n) is 4.11. The van der Waals surface area contributed by atoms with E-state index in [1.165, 1.54) is 11.9 Å². The van der Waals surface area contributed by atoms with E-state index < -0.39 is 0 Å². The number of aromatic nitrogens is 4. The topological polar surface area (TPSA) is 63.6 Å². The lowest BCUT2D eigenvalue weighted by Gasteiger charge is -2.07. The Morgan fingerprint density at radius 1 is 1.12 bits per heavy atom. The lowest BCUT2D eigenvalue weighted by atomic mass is 10.0. The van der Waals surface area contributed by atoms with Gasteiger partial charge in [0.1, 0.15) is 0 Å². The molecule has 0 bridgehead atoms. The number of hydrogen-bond acceptors (Lipinski definition) is 3. The number of hydrogen-bond donors (Lipinski definition) is 1. The van der Waals surface area contributed by atoms with E-state index in [0.717, 1.165) is 28.8 Å². The molecule has 2 aromatic carbocycles. The zero-order valence-corrected chi connectivity index (χ0v) is 13.2. The van der Waals surface area contributed by atoms with Crippen molar-refractivity contribution in [2.24, 2.45) is 0 Å². The van der Waals surface area contributed by atoms with Crippen molar-refractivity contribution in [3.05, 3.63) is 88.2 Å². The Morgan fingerprint density at radius 3 is 2.71 bits per heavy atom. The summed E-state index contributed by atoms with van der Waals surface area (Å²) in [6.45, 7) is 1.99. The second-order valence-electron chi connectivity index (χ2n) is 5.83. The molecule has 0 aliphatic heterocycles. The van der Waals surface area contributed by atoms with E-state index in [2.05, 4.69) is 33.3 Å². The van der Waals surface area contributed by atoms with Gasteiger partial charge in [0.05, 0.1) is 22.9 Å². The lowest BCUT2D eigenvalue weighted by Crippen LogP contribution is -2.07. The van der Waals surface area contributed by atoms with E-state index in [1.807, 2.05) is 42.1 Å². The van der Waals surface area contributed by atoms with Crippen LogP contribution in [0.15, 0.2) is 66.0 Å². The zero-order valence-electron chi connectivity index (χ0n) is 13.2. The summed E-state index contributed by atoms with van der Waals surface area (Å²) in [5, 5.41) is 4.87. The molecule has 0 amide bonds. The molecule has 0 saturated heterocycles. The van der Waals surface area contributed by atoms with Gasteiger partial charge in [0.2, 0.25) is 0 Å². The fourth-order valence-electron chi connectivity index (χ4n) is 2.96. The molecule has 4 aromatic rings. The van der Waals surface area contributed by atoms with Crippen LogP contribution in [0, 0.1) is 6.92 Å². The van der Waals surface area contributed by atoms with Gasteiger partial charge >= 0.3 is 0 Å². The van der Waals surface area contributed by atoms with Crippen LogP contribution in [0.5, 0.6) is 0 Å². The van der Waals surface area contributed by atoms with Gasteiger partial charge in [-0.3, -0.25) is 4.79 Å². The highest BCUT2D eigenvalue weighted by molar-refractivity contribution is 5.81. The molecular weight excluding hydrogens is 300 g/mol. The average Bonchev–Trinajstić information content (AvgIpc) is 3.11. The fraction of sp³-hybridized carbons (Fsp3) is 0.105. The molecule has 5 nitrogen and oxygen atoms in total. The minimum atomic E-state index is -0.0982. The number of fused-ring (bicyclic) bond motifs is 1. The van der Waals surface area contributed by atoms with Crippen LogP contribution < -0.4 is 5.56 Å². The average molecular weight is 316 g/mol. The van der Waals surface area contributed by atoms with Gasteiger partial charge in [-0.25, -0.2) is 9.67 Å². The van der Waals surface area contributed by atoms with Crippen molar-refractivity contribution in [1.29, 1.82) is 0 Å². The summed E-state index contributed by atoms with van der Waals surface area (Å²) in [6, 6.07) is 14.2. The Kier molecular flexibility index (Phi) is 3.46. The van der Waals surface area contributed by atoms with Crippen LogP contribution in [0.3, 0.4) is 0 Å². The van der Waals surface area contributed by atoms with Crippen LogP contribution in [0.2, 0.25) is 0 Å². The maximum Gasteiger partial charge on any atom is 0.258 e. The van der Waals surface area contributed by atoms with Gasteiger partial charge in [-0.2, -0.15) is 5.10 Å². The number of aromatic amines is 1. The van der Waals surface area contributed by atoms with Gasteiger partial charge in [-0.05, 0) is 54.3 Å². The van der Waals surface area contributed by atoms with E-state index >= 15 is 0 Å². The van der Waals surface area contributed by atoms with E-state index in [9.17, 15) is 4.79 Å². The summed E-state index contributed by atoms with van der Waals surface area (Å²) in [6.07, 6.45) is 5.90. The molecule has 0 unspecified atom stereocenters. The smallest absolute Gasteiger partial charge is 0.258 e. The Hall–Kier alpha value is -3.21. The Labute approximate surface area is 138 Å². The number of nitrogens with one attached hydrogen (secondary N) is 1. The molecule has 5 heteroatoms. The van der Waals surface area contributed by atoms with Crippen LogP contribution in [-0.2, 0) is 6.42 Å². The van der Waals surface area contributed by atoms with Crippen molar-refractivity contribution in [3.8, 4) is 5.69 Å². The largest absolute Gasteiger partial charge is 0.313 e. The fourth-order valence-corrected chi connectivity index (χ4v) is 2.96. The zero-order chi connectivity index (χ0) is 16.5. The normalized spacial score (nSPS) is 11.0. The first-order valence-corrected chi connectivity index (χ1v) is 7.76. The standard InChI is InChI=1S/C19H16N4O/c1-13-9-15(11-17-18(13)20-12-21-19(17)24)10-14-3-5-16(6-4-14)23-8-2-7-22-23/h2-9,11-12H,10H2,1H3,(H,20,21,24). The Bertz CT molecular complexity index is 1050. The van der Waals surface area contributed by atoms with Gasteiger partial charge < -0.3 is 4.98 Å². The Balaban J connectivity index is 1.67. The molecule has 0 saturated carbocycles. The van der Waals surface area contributed by atoms with E-state index in [-0.39, 0.29) is 5.56 Å². The maximum absolute atomic E-state index is 12.0. The minimum absolute atomic E-state index is 0.0982. The van der Waals surface area contributed by atoms with Crippen molar-refractivity contribution in [2.75, 3.05) is 0 Å². The molecule has 0 fully saturated rings. The molecule has 0 spiro atoms. The van der Waals surface area contributed by atoms with Crippen molar-refractivity contribution in [2.45, 2.75) is 13.3 Å². The van der Waals surface area contributed by atoms with Crippen molar-refractivity contribution >= 4 is 10.9 Å². The SMILES string of the molecule is Cc1cc(Cc2ccc(-n3cccn3)cc2)cc2c(=O)[nH]cnc12. The van der Waals surface area contributed by atoms with E-state index in [4.69, 9.17) is 0 Å². The monoisotopic (exact) mass is 316 g/mol. The highest BCUT2D eigenvalue weighted by atomic mass is 16.1. The molecule has 118 valence electrons. The first-order chi connectivity index (χ1) is 11.7. The van der Waals surface area contributed by atoms with Gasteiger partial charge in [-0.15, -0.1) is 0 Å². The number of H-pyrrole nitrogens is 1. The molecule has 0 aliphatic rings. The second kappa shape index (κ2) is 5.77. The molecule has 1 N–H and O–H groups in total. The third kappa shape index (κ3) is 2.60. The predicted octanol–water partition coefficient (Wildman–Crippen LogP) is 3.01. The minimum Gasteiger partial charge on any atom is -0.313 e. The Morgan fingerprint density at radius 2 is 1.96 bits per heavy atom. The second-order valence-corrected chi connectivity index (χ2v) is 5.83. The van der Waals surface area contributed by atoms with Gasteiger partial charge in [0.25, 0.3) is 5.56 Å². The summed E-state index contributed by atoms with van der Waals surface area (Å²) in [5.41, 5.74) is 4.99. The number of nitrogens with zero attached hydrogens (tertiary/aromatic N) is 3. The van der Waals surface area contributed by atoms with Gasteiger partial charge in [0.15, 0.2) is 0 Å². The van der Waals surface area contributed by atoms with Gasteiger partial charge in [-0.1, -0.05) is 18.2 Å². The highest BCUT2D eigenvalue weighted by Crippen LogP contribution is 2.19. The van der Waals surface area contributed by atoms with Crippen LogP contribution in [0.4, 0.5) is 0 Å². The summed E-state index contributed by atoms with van der Waals surface area (Å²) in [7, 11) is 0. The molecule has 2 heterocycles. The lowest BCUT2D eigenvalue weighted by molar-refractivity contribution is 0.879. The first kappa shape index (κ1) is 14.4. The molecule has 0 atom stereocenters. The maximum atomic E-state index is 12.0. The summed E-state index contributed by atoms with van der Waals surface area (Å²) >= 11 is 0. The predicted molar refractivity (Wildman–Crippen MR) is 93.5 cm³/mol. The van der Waals surface area contributed by atoms with Crippen LogP contribution >= 0.6 is 0 Å². The van der Waals surface area contributed by atoms with E-state index in [0.29, 0.717) is 5.39 Å². The van der Waals surface area contributed by atoms with Crippen LogP contribution in [0.25, 0.3) is 16.6 Å². The van der Waals surface area contributed by atoms with Crippen LogP contribution in [0.1, 0.15) is 16.7 Å². The molecule has 2 aromatic heterocycles. The summed E-state index contributed by atoms with van der Waals surface area (Å²) in [4.78, 5) is 18.9. The number of aryl methyl sites for hydroxylation is 1. The number of benzene rings is 2. The number of rotatable bonds is 3. The molecule has 4 rings (SSSR count). The summed E-state index contributed by atoms with van der Waals surface area (Å²) in [5.74, 6) is 0. The van der Waals surface area contributed by atoms with Crippen molar-refractivity contribution < 1.29 is 0 Å². The summed E-state index contributed by atoms with van der Waals surface area (Å²) < 4.78 is 1.83. The van der Waals surface area contributed by atoms with Gasteiger partial charge in [0, 0.05) is 12.4 Å². The quantitative estimate of drug-likeness (QED) is 0.632. The first-order valence-electron chi connectivity index (χ1n) is 7.76. The third-order valence-corrected chi connectivity index (χ3v) is 4.11. The molecule has 0 aliphatic carbocycles. The molecule has 24 heavy (non-hydrogen) atoms. The van der Waals surface area contributed by atoms with Crippen LogP contribution in [-0.4, -0.2) is 19.7 Å². The highest BCUT2D eigenvalue weighted by Gasteiger charge is 2.06. The van der Waals surface area contributed by atoms with Crippen molar-refractivity contribution in [3.63, 3.8) is 0 Å². The van der Waals surface area contributed by atoms with E-state index in [1.54, 1.807) is 6.20 Å². The molecule has 0 radical (unpaired) electrons. The molecular formula is C19H16N4O. The van der Waals surface area contributed by atoms with Crippen molar-refractivity contribution in [1.82, 2.24) is 19.7 Å².